The predicted molar refractivity (Wildman–Crippen MR) is 106 cm³/mol. The van der Waals surface area contributed by atoms with Gasteiger partial charge in [0.15, 0.2) is 0 Å². The molecule has 0 saturated heterocycles. The number of rotatable bonds is 7. The first-order chi connectivity index (χ1) is 11.1. The molecule has 0 spiro atoms. The van der Waals surface area contributed by atoms with E-state index in [-0.39, 0.29) is 18.9 Å². The summed E-state index contributed by atoms with van der Waals surface area (Å²) in [5, 5.41) is 2.13. The van der Waals surface area contributed by atoms with Crippen molar-refractivity contribution in [2.45, 2.75) is 27.7 Å². The quantitative estimate of drug-likeness (QED) is 0.441. The van der Waals surface area contributed by atoms with Gasteiger partial charge < -0.3 is 0 Å². The Hall–Kier alpha value is -0.943. The van der Waals surface area contributed by atoms with E-state index in [9.17, 15) is 4.79 Å². The number of aldehydes is 1. The molecule has 0 fully saturated rings. The van der Waals surface area contributed by atoms with Crippen LogP contribution in [-0.2, 0) is 9.05 Å². The molecule has 0 aliphatic heterocycles. The maximum atomic E-state index is 11.3. The van der Waals surface area contributed by atoms with Crippen LogP contribution in [0.25, 0.3) is 0 Å². The van der Waals surface area contributed by atoms with E-state index in [0.717, 1.165) is 33.6 Å². The van der Waals surface area contributed by atoms with Crippen molar-refractivity contribution >= 4 is 43.5 Å². The van der Waals surface area contributed by atoms with Crippen molar-refractivity contribution in [1.29, 1.82) is 0 Å². The van der Waals surface area contributed by atoms with Crippen LogP contribution in [0.15, 0.2) is 42.5 Å². The predicted octanol–water partition coefficient (Wildman–Crippen LogP) is 3.07. The number of hydrogen-bond donors (Lipinski definition) is 0. The van der Waals surface area contributed by atoms with Crippen LogP contribution in [0, 0.1) is 13.8 Å². The molecular weight excluding hydrogens is 314 g/mol. The number of carbonyl (C=O) groups is 1. The SMILES string of the molecule is CCO[PH](OCC)(c1ccccc1)c1cc(C)c(C=O)c(C)c1.[LiH]. The van der Waals surface area contributed by atoms with Gasteiger partial charge in [0.05, 0.1) is 0 Å². The number of carbonyl (C=O) groups excluding carboxylic acids is 1. The third kappa shape index (κ3) is 4.17. The van der Waals surface area contributed by atoms with Crippen LogP contribution in [0.2, 0.25) is 0 Å². The minimum atomic E-state index is -2.76. The van der Waals surface area contributed by atoms with Gasteiger partial charge in [0.25, 0.3) is 0 Å². The fourth-order valence-electron chi connectivity index (χ4n) is 2.96. The van der Waals surface area contributed by atoms with E-state index in [1.807, 2.05) is 58.0 Å². The van der Waals surface area contributed by atoms with Crippen molar-refractivity contribution in [2.24, 2.45) is 0 Å². The van der Waals surface area contributed by atoms with Gasteiger partial charge in [0.2, 0.25) is 0 Å². The molecule has 0 saturated carbocycles. The Morgan fingerprint density at radius 3 is 1.83 bits per heavy atom. The van der Waals surface area contributed by atoms with Crippen LogP contribution in [-0.4, -0.2) is 38.4 Å². The van der Waals surface area contributed by atoms with Crippen molar-refractivity contribution in [3.8, 4) is 0 Å². The van der Waals surface area contributed by atoms with Gasteiger partial charge in [-0.25, -0.2) is 0 Å². The maximum absolute atomic E-state index is 11.3. The molecule has 0 atom stereocenters. The Kier molecular flexibility index (Phi) is 8.37. The third-order valence-electron chi connectivity index (χ3n) is 3.94. The molecule has 0 aliphatic carbocycles. The molecule has 0 aromatic heterocycles. The number of hydrogen-bond acceptors (Lipinski definition) is 3. The molecule has 126 valence electrons. The minimum absolute atomic E-state index is 0. The second-order valence-corrected chi connectivity index (χ2v) is 8.46. The molecule has 2 aromatic carbocycles. The number of benzene rings is 2. The second-order valence-electron chi connectivity index (χ2n) is 5.49. The summed E-state index contributed by atoms with van der Waals surface area (Å²) in [6.45, 7) is 9.06. The van der Waals surface area contributed by atoms with E-state index in [1.54, 1.807) is 0 Å². The van der Waals surface area contributed by atoms with Gasteiger partial charge in [-0.15, -0.1) is 0 Å². The average molecular weight is 340 g/mol. The van der Waals surface area contributed by atoms with Crippen LogP contribution in [0.1, 0.15) is 35.3 Å². The topological polar surface area (TPSA) is 35.5 Å². The molecule has 0 heterocycles. The molecule has 0 bridgehead atoms. The van der Waals surface area contributed by atoms with Gasteiger partial charge in [-0.2, -0.15) is 0 Å². The van der Waals surface area contributed by atoms with Crippen LogP contribution in [0.5, 0.6) is 0 Å². The van der Waals surface area contributed by atoms with Crippen molar-refractivity contribution < 1.29 is 13.8 Å². The monoisotopic (exact) mass is 340 g/mol. The molecule has 0 aliphatic rings. The van der Waals surface area contributed by atoms with E-state index in [4.69, 9.17) is 9.05 Å². The first-order valence-corrected chi connectivity index (χ1v) is 9.81. The molecule has 0 radical (unpaired) electrons. The van der Waals surface area contributed by atoms with Crippen LogP contribution >= 0.6 is 7.72 Å². The van der Waals surface area contributed by atoms with Gasteiger partial charge in [0, 0.05) is 0 Å². The Bertz CT molecular complexity index is 645. The van der Waals surface area contributed by atoms with E-state index in [1.165, 1.54) is 0 Å². The van der Waals surface area contributed by atoms with E-state index in [0.29, 0.717) is 13.2 Å². The Balaban J connectivity index is 0.00000288. The Morgan fingerprint density at radius 1 is 0.917 bits per heavy atom. The van der Waals surface area contributed by atoms with Crippen LogP contribution in [0.3, 0.4) is 0 Å². The third-order valence-corrected chi connectivity index (χ3v) is 7.47. The summed E-state index contributed by atoms with van der Waals surface area (Å²) in [6.07, 6.45) is 0.918. The molecule has 0 unspecified atom stereocenters. The van der Waals surface area contributed by atoms with Gasteiger partial charge in [-0.1, -0.05) is 0 Å². The zero-order chi connectivity index (χ0) is 16.9. The summed E-state index contributed by atoms with van der Waals surface area (Å²) in [7, 11) is -2.76. The van der Waals surface area contributed by atoms with E-state index < -0.39 is 7.72 Å². The van der Waals surface area contributed by atoms with Gasteiger partial charge in [0.1, 0.15) is 0 Å². The summed E-state index contributed by atoms with van der Waals surface area (Å²) in [4.78, 5) is 11.3. The van der Waals surface area contributed by atoms with Crippen LogP contribution < -0.4 is 10.6 Å². The first kappa shape index (κ1) is 21.1. The second kappa shape index (κ2) is 9.52. The first-order valence-electron chi connectivity index (χ1n) is 7.99. The standard InChI is InChI=1S/C19H25O3P.Li.H/c1-5-21-23(22-6-2,17-10-8-7-9-11-17)18-12-15(3)19(14-20)16(4)13-18;;/h7-14,23H,5-6H2,1-4H3;;. The molecule has 0 amide bonds. The molecule has 24 heavy (non-hydrogen) atoms. The van der Waals surface area contributed by atoms with Gasteiger partial charge in [-0.3, -0.25) is 0 Å². The fraction of sp³-hybridized carbons (Fsp3) is 0.316. The fourth-order valence-corrected chi connectivity index (χ4v) is 6.30. The summed E-state index contributed by atoms with van der Waals surface area (Å²) in [6, 6.07) is 14.2. The Morgan fingerprint density at radius 2 is 1.42 bits per heavy atom. The molecule has 0 N–H and O–H groups in total. The molecule has 3 nitrogen and oxygen atoms in total. The van der Waals surface area contributed by atoms with Crippen LogP contribution in [0.4, 0.5) is 0 Å². The van der Waals surface area contributed by atoms with Gasteiger partial charge >= 0.3 is 157 Å². The van der Waals surface area contributed by atoms with Crippen molar-refractivity contribution in [3.05, 3.63) is 59.2 Å². The summed E-state index contributed by atoms with van der Waals surface area (Å²) in [5.41, 5.74) is 2.67. The summed E-state index contributed by atoms with van der Waals surface area (Å²) < 4.78 is 12.5. The Labute approximate surface area is 157 Å². The number of aryl methyl sites for hydroxylation is 2. The summed E-state index contributed by atoms with van der Waals surface area (Å²) >= 11 is 0. The van der Waals surface area contributed by atoms with Crippen molar-refractivity contribution in [1.82, 2.24) is 0 Å². The molecule has 5 heteroatoms. The van der Waals surface area contributed by atoms with E-state index in [2.05, 4.69) is 12.1 Å². The van der Waals surface area contributed by atoms with Crippen molar-refractivity contribution in [2.75, 3.05) is 13.2 Å². The average Bonchev–Trinajstić information content (AvgIpc) is 2.55. The summed E-state index contributed by atoms with van der Waals surface area (Å²) in [5.74, 6) is 0. The van der Waals surface area contributed by atoms with Gasteiger partial charge in [-0.05, 0) is 0 Å². The van der Waals surface area contributed by atoms with Crippen molar-refractivity contribution in [3.63, 3.8) is 0 Å². The molecule has 2 rings (SSSR count). The molecular formula is C19H26LiO3P. The molecule has 2 aromatic rings. The normalized spacial score (nSPS) is 11.7. The van der Waals surface area contributed by atoms with E-state index >= 15 is 0 Å². The zero-order valence-corrected chi connectivity index (χ0v) is 15.3. The zero-order valence-electron chi connectivity index (χ0n) is 14.3.